The number of urea groups is 1. The van der Waals surface area contributed by atoms with Crippen LogP contribution in [0.1, 0.15) is 11.1 Å². The molecule has 1 aromatic rings. The first-order chi connectivity index (χ1) is 7.15. The second-order valence-corrected chi connectivity index (χ2v) is 3.42. The van der Waals surface area contributed by atoms with Crippen molar-refractivity contribution in [2.75, 3.05) is 0 Å². The van der Waals surface area contributed by atoms with Gasteiger partial charge in [-0.1, -0.05) is 0 Å². The van der Waals surface area contributed by atoms with Gasteiger partial charge in [0.2, 0.25) is 0 Å². The summed E-state index contributed by atoms with van der Waals surface area (Å²) in [4.78, 5) is 11.0. The molecule has 0 saturated carbocycles. The van der Waals surface area contributed by atoms with Gasteiger partial charge in [0.1, 0.15) is 0 Å². The van der Waals surface area contributed by atoms with Gasteiger partial charge in [0.25, 0.3) is 0 Å². The molecular weight excluding hydrogens is 212 g/mol. The Labute approximate surface area is 90.6 Å². The number of hydrogen-bond donors (Lipinski definition) is 2. The summed E-state index contributed by atoms with van der Waals surface area (Å²) in [6.45, 7) is 0. The molecule has 1 rings (SSSR count). The number of nitrogens with one attached hydrogen (secondary N) is 1. The largest absolute Gasteiger partial charge is 0.351 e. The molecular formula is C9H6N4OS. The third-order valence-corrected chi connectivity index (χ3v) is 2.21. The van der Waals surface area contributed by atoms with E-state index in [1.165, 1.54) is 6.07 Å². The highest BCUT2D eigenvalue weighted by Gasteiger charge is 2.02. The lowest BCUT2D eigenvalue weighted by Crippen LogP contribution is -2.22. The first-order valence-corrected chi connectivity index (χ1v) is 4.65. The van der Waals surface area contributed by atoms with Crippen molar-refractivity contribution in [1.29, 1.82) is 10.5 Å². The number of carbonyl (C=O) groups is 1. The van der Waals surface area contributed by atoms with Crippen molar-refractivity contribution in [2.24, 2.45) is 5.73 Å². The van der Waals surface area contributed by atoms with Gasteiger partial charge >= 0.3 is 6.03 Å². The normalized spacial score (nSPS) is 8.67. The second-order valence-electron chi connectivity index (χ2n) is 2.54. The van der Waals surface area contributed by atoms with E-state index in [-0.39, 0.29) is 0 Å². The van der Waals surface area contributed by atoms with E-state index in [0.29, 0.717) is 16.0 Å². The summed E-state index contributed by atoms with van der Waals surface area (Å²) in [6, 6.07) is 7.74. The molecule has 74 valence electrons. The van der Waals surface area contributed by atoms with Gasteiger partial charge in [0.15, 0.2) is 0 Å². The second kappa shape index (κ2) is 4.89. The highest BCUT2D eigenvalue weighted by molar-refractivity contribution is 7.98. The van der Waals surface area contributed by atoms with E-state index >= 15 is 0 Å². The van der Waals surface area contributed by atoms with Gasteiger partial charge in [0, 0.05) is 4.90 Å². The lowest BCUT2D eigenvalue weighted by atomic mass is 10.1. The fourth-order valence-corrected chi connectivity index (χ4v) is 1.49. The predicted octanol–water partition coefficient (Wildman–Crippen LogP) is 1.11. The van der Waals surface area contributed by atoms with Crippen LogP contribution in [0.5, 0.6) is 0 Å². The third-order valence-electron chi connectivity index (χ3n) is 1.43. The Morgan fingerprint density at radius 1 is 1.27 bits per heavy atom. The monoisotopic (exact) mass is 218 g/mol. The van der Waals surface area contributed by atoms with Gasteiger partial charge in [-0.25, -0.2) is 4.79 Å². The zero-order valence-electron chi connectivity index (χ0n) is 7.52. The maximum Gasteiger partial charge on any atom is 0.322 e. The Hall–Kier alpha value is -2.18. The van der Waals surface area contributed by atoms with Crippen LogP contribution in [0.2, 0.25) is 0 Å². The lowest BCUT2D eigenvalue weighted by Gasteiger charge is -2.01. The topological polar surface area (TPSA) is 103 Å². The smallest absolute Gasteiger partial charge is 0.322 e. The van der Waals surface area contributed by atoms with E-state index < -0.39 is 6.03 Å². The Bertz CT molecular complexity index is 440. The van der Waals surface area contributed by atoms with Crippen LogP contribution in [0, 0.1) is 22.7 Å². The quantitative estimate of drug-likeness (QED) is 0.725. The highest BCUT2D eigenvalue weighted by atomic mass is 32.2. The highest BCUT2D eigenvalue weighted by Crippen LogP contribution is 2.18. The molecule has 15 heavy (non-hydrogen) atoms. The number of amides is 2. The van der Waals surface area contributed by atoms with E-state index in [1.54, 1.807) is 12.1 Å². The zero-order valence-corrected chi connectivity index (χ0v) is 8.34. The van der Waals surface area contributed by atoms with E-state index in [4.69, 9.17) is 16.3 Å². The SMILES string of the molecule is N#Cc1cc(C#N)cc(SNC(N)=O)c1. The average molecular weight is 218 g/mol. The summed E-state index contributed by atoms with van der Waals surface area (Å²) in [5.41, 5.74) is 5.61. The summed E-state index contributed by atoms with van der Waals surface area (Å²) in [5.74, 6) is 0. The average Bonchev–Trinajstić information content (AvgIpc) is 2.25. The van der Waals surface area contributed by atoms with Crippen molar-refractivity contribution in [3.8, 4) is 12.1 Å². The number of hydrogen-bond acceptors (Lipinski definition) is 4. The maximum absolute atomic E-state index is 10.4. The first-order valence-electron chi connectivity index (χ1n) is 3.83. The summed E-state index contributed by atoms with van der Waals surface area (Å²) in [6.07, 6.45) is 0. The van der Waals surface area contributed by atoms with Crippen molar-refractivity contribution < 1.29 is 4.79 Å². The molecule has 6 heteroatoms. The molecule has 0 aliphatic rings. The predicted molar refractivity (Wildman–Crippen MR) is 54.4 cm³/mol. The molecule has 0 saturated heterocycles. The van der Waals surface area contributed by atoms with Crippen LogP contribution < -0.4 is 10.5 Å². The number of nitrogens with zero attached hydrogens (tertiary/aromatic N) is 2. The molecule has 0 fully saturated rings. The van der Waals surface area contributed by atoms with Crippen molar-refractivity contribution >= 4 is 18.0 Å². The van der Waals surface area contributed by atoms with Crippen molar-refractivity contribution in [1.82, 2.24) is 4.72 Å². The molecule has 3 N–H and O–H groups in total. The van der Waals surface area contributed by atoms with Gasteiger partial charge in [-0.2, -0.15) is 10.5 Å². The Morgan fingerprint density at radius 2 is 1.80 bits per heavy atom. The fourth-order valence-electron chi connectivity index (χ4n) is 0.896. The summed E-state index contributed by atoms with van der Waals surface area (Å²) in [7, 11) is 0. The molecule has 0 spiro atoms. The van der Waals surface area contributed by atoms with E-state index in [1.807, 2.05) is 12.1 Å². The Balaban J connectivity index is 2.94. The van der Waals surface area contributed by atoms with Crippen LogP contribution in [-0.2, 0) is 0 Å². The van der Waals surface area contributed by atoms with Crippen LogP contribution in [0.4, 0.5) is 4.79 Å². The van der Waals surface area contributed by atoms with Crippen molar-refractivity contribution in [3.63, 3.8) is 0 Å². The van der Waals surface area contributed by atoms with E-state index in [9.17, 15) is 4.79 Å². The maximum atomic E-state index is 10.4. The summed E-state index contributed by atoms with van der Waals surface area (Å²) >= 11 is 0.961. The van der Waals surface area contributed by atoms with Crippen LogP contribution >= 0.6 is 11.9 Å². The van der Waals surface area contributed by atoms with E-state index in [0.717, 1.165) is 11.9 Å². The third kappa shape index (κ3) is 3.22. The standard InChI is InChI=1S/C9H6N4OS/c10-4-6-1-7(5-11)3-8(2-6)15-13-9(12)14/h1-3H,(H3,12,13,14). The molecule has 0 bridgehead atoms. The van der Waals surface area contributed by atoms with Gasteiger partial charge in [-0.3, -0.25) is 4.72 Å². The number of primary amides is 1. The molecule has 5 nitrogen and oxygen atoms in total. The minimum atomic E-state index is -0.680. The number of nitriles is 2. The van der Waals surface area contributed by atoms with Crippen molar-refractivity contribution in [3.05, 3.63) is 29.3 Å². The Morgan fingerprint density at radius 3 is 2.20 bits per heavy atom. The van der Waals surface area contributed by atoms with Gasteiger partial charge < -0.3 is 5.73 Å². The number of benzene rings is 1. The molecule has 0 aliphatic heterocycles. The first kappa shape index (κ1) is 10.9. The van der Waals surface area contributed by atoms with Crippen LogP contribution in [-0.4, -0.2) is 6.03 Å². The van der Waals surface area contributed by atoms with E-state index in [2.05, 4.69) is 4.72 Å². The summed E-state index contributed by atoms with van der Waals surface area (Å²) in [5, 5.41) is 17.4. The number of nitrogens with two attached hydrogens (primary N) is 1. The van der Waals surface area contributed by atoms with Crippen LogP contribution in [0.3, 0.4) is 0 Å². The molecule has 0 heterocycles. The molecule has 2 amide bonds. The summed E-state index contributed by atoms with van der Waals surface area (Å²) < 4.78 is 2.30. The van der Waals surface area contributed by atoms with Crippen molar-refractivity contribution in [2.45, 2.75) is 4.90 Å². The van der Waals surface area contributed by atoms with Gasteiger partial charge in [-0.05, 0) is 30.1 Å². The molecule has 1 aromatic carbocycles. The number of carbonyl (C=O) groups excluding carboxylic acids is 1. The minimum absolute atomic E-state index is 0.364. The van der Waals surface area contributed by atoms with Crippen LogP contribution in [0.25, 0.3) is 0 Å². The van der Waals surface area contributed by atoms with Gasteiger partial charge in [0.05, 0.1) is 23.3 Å². The lowest BCUT2D eigenvalue weighted by molar-refractivity contribution is 0.254. The molecule has 0 aromatic heterocycles. The number of rotatable bonds is 2. The Kier molecular flexibility index (Phi) is 3.55. The zero-order chi connectivity index (χ0) is 11.3. The molecule has 0 atom stereocenters. The molecule has 0 radical (unpaired) electrons. The fraction of sp³-hybridized carbons (Fsp3) is 0. The van der Waals surface area contributed by atoms with Crippen LogP contribution in [0.15, 0.2) is 23.1 Å². The molecule has 0 aliphatic carbocycles. The van der Waals surface area contributed by atoms with Gasteiger partial charge in [-0.15, -0.1) is 0 Å². The minimum Gasteiger partial charge on any atom is -0.351 e. The molecule has 0 unspecified atom stereocenters.